The Kier molecular flexibility index (Phi) is 4.60. The van der Waals surface area contributed by atoms with E-state index in [0.717, 1.165) is 30.3 Å². The molecule has 0 heterocycles. The molecule has 0 fully saturated rings. The molecule has 118 valence electrons. The van der Waals surface area contributed by atoms with E-state index in [2.05, 4.69) is 0 Å². The Morgan fingerprint density at radius 3 is 2.23 bits per heavy atom. The third-order valence-electron chi connectivity index (χ3n) is 2.71. The molecule has 2 aromatic rings. The minimum absolute atomic E-state index is 0.112. The number of sulfonamides is 1. The molecule has 4 nitrogen and oxygen atoms in total. The molecule has 0 saturated carbocycles. The van der Waals surface area contributed by atoms with Gasteiger partial charge in [0.1, 0.15) is 17.3 Å². The largest absolute Gasteiger partial charge is 0.491 e. The fourth-order valence-corrected chi connectivity index (χ4v) is 2.80. The molecule has 0 bridgehead atoms. The molecule has 1 N–H and O–H groups in total. The van der Waals surface area contributed by atoms with Gasteiger partial charge in [-0.2, -0.15) is 0 Å². The van der Waals surface area contributed by atoms with Gasteiger partial charge in [0, 0.05) is 0 Å². The van der Waals surface area contributed by atoms with E-state index in [1.165, 1.54) is 0 Å². The van der Waals surface area contributed by atoms with Gasteiger partial charge in [0.25, 0.3) is 10.0 Å². The van der Waals surface area contributed by atoms with Crippen molar-refractivity contribution in [2.24, 2.45) is 0 Å². The highest BCUT2D eigenvalue weighted by Crippen LogP contribution is 2.25. The fraction of sp³-hybridized carbons (Fsp3) is 0.143. The number of hydrogen-bond donors (Lipinski definition) is 1. The van der Waals surface area contributed by atoms with Gasteiger partial charge in [0.15, 0.2) is 11.6 Å². The highest BCUT2D eigenvalue weighted by Gasteiger charge is 2.20. The van der Waals surface area contributed by atoms with Crippen LogP contribution in [-0.4, -0.2) is 15.0 Å². The van der Waals surface area contributed by atoms with E-state index in [9.17, 15) is 21.6 Å². The molecule has 0 aliphatic heterocycles. The number of ether oxygens (including phenoxy) is 1. The molecule has 22 heavy (non-hydrogen) atoms. The molecule has 0 atom stereocenters. The Morgan fingerprint density at radius 2 is 1.68 bits per heavy atom. The van der Waals surface area contributed by atoms with Crippen LogP contribution >= 0.6 is 0 Å². The second-order valence-electron chi connectivity index (χ2n) is 4.23. The Labute approximate surface area is 125 Å². The zero-order valence-electron chi connectivity index (χ0n) is 11.4. The third kappa shape index (κ3) is 3.33. The first kappa shape index (κ1) is 16.2. The van der Waals surface area contributed by atoms with Crippen molar-refractivity contribution < 1.29 is 26.3 Å². The number of hydrogen-bond acceptors (Lipinski definition) is 3. The fourth-order valence-electron chi connectivity index (χ4n) is 1.71. The lowest BCUT2D eigenvalue weighted by Gasteiger charge is -2.11. The normalized spacial score (nSPS) is 11.3. The quantitative estimate of drug-likeness (QED) is 0.914. The number of para-hydroxylation sites is 1. The van der Waals surface area contributed by atoms with Crippen molar-refractivity contribution in [3.05, 3.63) is 53.8 Å². The zero-order chi connectivity index (χ0) is 16.3. The summed E-state index contributed by atoms with van der Waals surface area (Å²) in [7, 11) is -4.34. The van der Waals surface area contributed by atoms with Crippen LogP contribution in [0.4, 0.5) is 18.9 Å². The predicted molar refractivity (Wildman–Crippen MR) is 74.7 cm³/mol. The SMILES string of the molecule is CCOc1ccc(S(=O)(=O)Nc2c(F)cccc2F)cc1F. The maximum absolute atomic E-state index is 13.7. The smallest absolute Gasteiger partial charge is 0.262 e. The molecule has 2 aromatic carbocycles. The standard InChI is InChI=1S/C14H12F3NO3S/c1-2-21-13-7-6-9(8-12(13)17)22(19,20)18-14-10(15)4-3-5-11(14)16/h3-8,18H,2H2,1H3. The van der Waals surface area contributed by atoms with E-state index in [1.54, 1.807) is 11.6 Å². The second kappa shape index (κ2) is 6.27. The molecule has 0 aliphatic carbocycles. The van der Waals surface area contributed by atoms with Gasteiger partial charge in [0.05, 0.1) is 11.5 Å². The average Bonchev–Trinajstić information content (AvgIpc) is 2.45. The first-order valence-corrected chi connectivity index (χ1v) is 7.72. The summed E-state index contributed by atoms with van der Waals surface area (Å²) in [6.45, 7) is 1.86. The van der Waals surface area contributed by atoms with Crippen molar-refractivity contribution in [2.75, 3.05) is 11.3 Å². The molecular formula is C14H12F3NO3S. The van der Waals surface area contributed by atoms with Crippen molar-refractivity contribution in [3.63, 3.8) is 0 Å². The molecule has 0 spiro atoms. The van der Waals surface area contributed by atoms with Crippen LogP contribution in [0.2, 0.25) is 0 Å². The lowest BCUT2D eigenvalue weighted by Crippen LogP contribution is -2.15. The number of benzene rings is 2. The van der Waals surface area contributed by atoms with Crippen LogP contribution in [-0.2, 0) is 10.0 Å². The van der Waals surface area contributed by atoms with Crippen LogP contribution in [0.1, 0.15) is 6.92 Å². The van der Waals surface area contributed by atoms with E-state index in [-0.39, 0.29) is 12.4 Å². The maximum Gasteiger partial charge on any atom is 0.262 e. The zero-order valence-corrected chi connectivity index (χ0v) is 12.3. The van der Waals surface area contributed by atoms with Gasteiger partial charge < -0.3 is 4.74 Å². The Hall–Kier alpha value is -2.22. The molecular weight excluding hydrogens is 319 g/mol. The summed E-state index contributed by atoms with van der Waals surface area (Å²) in [5, 5.41) is 0. The van der Waals surface area contributed by atoms with Crippen molar-refractivity contribution >= 4 is 15.7 Å². The number of nitrogens with one attached hydrogen (secondary N) is 1. The third-order valence-corrected chi connectivity index (χ3v) is 4.06. The van der Waals surface area contributed by atoms with Crippen LogP contribution in [0.3, 0.4) is 0 Å². The maximum atomic E-state index is 13.7. The van der Waals surface area contributed by atoms with Gasteiger partial charge >= 0.3 is 0 Å². The summed E-state index contributed by atoms with van der Waals surface area (Å²) < 4.78 is 71.5. The lowest BCUT2D eigenvalue weighted by molar-refractivity contribution is 0.321. The molecule has 0 aliphatic rings. The highest BCUT2D eigenvalue weighted by atomic mass is 32.2. The van der Waals surface area contributed by atoms with Crippen LogP contribution < -0.4 is 9.46 Å². The number of rotatable bonds is 5. The van der Waals surface area contributed by atoms with Gasteiger partial charge in [-0.05, 0) is 37.3 Å². The molecule has 0 aromatic heterocycles. The number of anilines is 1. The van der Waals surface area contributed by atoms with Crippen LogP contribution in [0.5, 0.6) is 5.75 Å². The van der Waals surface area contributed by atoms with Crippen molar-refractivity contribution in [1.29, 1.82) is 0 Å². The van der Waals surface area contributed by atoms with Crippen molar-refractivity contribution in [2.45, 2.75) is 11.8 Å². The minimum atomic E-state index is -4.34. The highest BCUT2D eigenvalue weighted by molar-refractivity contribution is 7.92. The van der Waals surface area contributed by atoms with Gasteiger partial charge in [-0.25, -0.2) is 21.6 Å². The molecule has 0 unspecified atom stereocenters. The van der Waals surface area contributed by atoms with Crippen LogP contribution in [0, 0.1) is 17.5 Å². The first-order chi connectivity index (χ1) is 10.3. The van der Waals surface area contributed by atoms with Gasteiger partial charge in [-0.3, -0.25) is 4.72 Å². The van der Waals surface area contributed by atoms with E-state index < -0.39 is 38.1 Å². The summed E-state index contributed by atoms with van der Waals surface area (Å²) in [5.41, 5.74) is -0.822. The second-order valence-corrected chi connectivity index (χ2v) is 5.91. The molecule has 8 heteroatoms. The molecule has 0 radical (unpaired) electrons. The average molecular weight is 331 g/mol. The summed E-state index contributed by atoms with van der Waals surface area (Å²) in [6.07, 6.45) is 0. The van der Waals surface area contributed by atoms with E-state index >= 15 is 0 Å². The van der Waals surface area contributed by atoms with Gasteiger partial charge in [0.2, 0.25) is 0 Å². The molecule has 2 rings (SSSR count). The van der Waals surface area contributed by atoms with Crippen molar-refractivity contribution in [3.8, 4) is 5.75 Å². The van der Waals surface area contributed by atoms with E-state index in [1.807, 2.05) is 0 Å². The summed E-state index contributed by atoms with van der Waals surface area (Å²) >= 11 is 0. The Bertz CT molecular complexity index is 774. The summed E-state index contributed by atoms with van der Waals surface area (Å²) in [4.78, 5) is -0.476. The predicted octanol–water partition coefficient (Wildman–Crippen LogP) is 3.30. The van der Waals surface area contributed by atoms with Gasteiger partial charge in [-0.15, -0.1) is 0 Å². The monoisotopic (exact) mass is 331 g/mol. The van der Waals surface area contributed by atoms with E-state index in [0.29, 0.717) is 6.07 Å². The molecule has 0 saturated heterocycles. The Balaban J connectivity index is 2.37. The Morgan fingerprint density at radius 1 is 1.05 bits per heavy atom. The van der Waals surface area contributed by atoms with Gasteiger partial charge in [-0.1, -0.05) is 6.07 Å². The van der Waals surface area contributed by atoms with E-state index in [4.69, 9.17) is 4.74 Å². The summed E-state index contributed by atoms with van der Waals surface area (Å²) in [5.74, 6) is -3.15. The van der Waals surface area contributed by atoms with Crippen molar-refractivity contribution in [1.82, 2.24) is 0 Å². The lowest BCUT2D eigenvalue weighted by atomic mass is 10.3. The minimum Gasteiger partial charge on any atom is -0.491 e. The topological polar surface area (TPSA) is 55.4 Å². The van der Waals surface area contributed by atoms with Crippen LogP contribution in [0.15, 0.2) is 41.3 Å². The number of halogens is 3. The summed E-state index contributed by atoms with van der Waals surface area (Å²) in [6, 6.07) is 5.82. The first-order valence-electron chi connectivity index (χ1n) is 6.24. The van der Waals surface area contributed by atoms with Crippen LogP contribution in [0.25, 0.3) is 0 Å². The molecule has 0 amide bonds.